The van der Waals surface area contributed by atoms with E-state index in [1.165, 1.54) is 0 Å². The molecule has 0 heterocycles. The summed E-state index contributed by atoms with van der Waals surface area (Å²) >= 11 is 0. The Hall–Kier alpha value is 3.08. The maximum atomic E-state index is 0. The van der Waals surface area contributed by atoms with Crippen molar-refractivity contribution < 1.29 is 2.85 Å². The molecule has 4 heteroatoms. The Morgan fingerprint density at radius 2 is 1.25 bits per heavy atom. The average molecular weight is 327 g/mol. The van der Waals surface area contributed by atoms with Gasteiger partial charge in [0.25, 0.3) is 0 Å². The molecule has 26 valence electrons. The molecule has 0 rings (SSSR count). The van der Waals surface area contributed by atoms with E-state index in [-0.39, 0.29) is 102 Å². The van der Waals surface area contributed by atoms with E-state index in [0.717, 1.165) is 0 Å². The van der Waals surface area contributed by atoms with Gasteiger partial charge < -0.3 is 2.85 Å². The second-order valence-corrected chi connectivity index (χ2v) is 0. The summed E-state index contributed by atoms with van der Waals surface area (Å²) in [5.74, 6) is 0. The first-order valence-electron chi connectivity index (χ1n) is 0. The summed E-state index contributed by atoms with van der Waals surface area (Å²) in [5, 5.41) is 0. The van der Waals surface area contributed by atoms with Gasteiger partial charge in [-0.1, -0.05) is 0 Å². The Morgan fingerprint density at radius 3 is 1.25 bits per heavy atom. The van der Waals surface area contributed by atoms with Gasteiger partial charge in [-0.05, 0) is 0 Å². The molecular weight excluding hydrogens is 318 g/mol. The van der Waals surface area contributed by atoms with Crippen LogP contribution in [0.1, 0.15) is 2.85 Å². The van der Waals surface area contributed by atoms with Crippen LogP contribution in [0.5, 0.6) is 0 Å². The third-order valence-electron chi connectivity index (χ3n) is 0. The first-order chi connectivity index (χ1) is 0. The van der Waals surface area contributed by atoms with Gasteiger partial charge in [-0.3, -0.25) is 0 Å². The molecule has 0 saturated heterocycles. The molecule has 0 aromatic heterocycles. The van der Waals surface area contributed by atoms with Crippen LogP contribution in [0.3, 0.4) is 0 Å². The molecule has 4 heavy (non-hydrogen) atoms. The molecule has 0 saturated carbocycles. The zero-order chi connectivity index (χ0) is 0. The summed E-state index contributed by atoms with van der Waals surface area (Å²) in [6.07, 6.45) is 0. The van der Waals surface area contributed by atoms with Crippen molar-refractivity contribution >= 4 is 99.2 Å². The fraction of sp³-hybridized carbons (Fsp3) is 0. The van der Waals surface area contributed by atoms with E-state index in [1.807, 2.05) is 0 Å². The molecule has 0 aliphatic heterocycles. The van der Waals surface area contributed by atoms with E-state index in [4.69, 9.17) is 0 Å². The molecule has 0 amide bonds. The Kier molecular flexibility index (Phi) is 114. The SMILES string of the molecule is S.[Ba+2].[GaH3].[H-].[H-].[SeH2]. The minimum absolute atomic E-state index is 0. The van der Waals surface area contributed by atoms with E-state index in [2.05, 4.69) is 0 Å². The summed E-state index contributed by atoms with van der Waals surface area (Å²) in [6, 6.07) is 0. The van der Waals surface area contributed by atoms with Crippen molar-refractivity contribution in [2.75, 3.05) is 0 Å². The molecule has 0 radical (unpaired) electrons. The van der Waals surface area contributed by atoms with Crippen LogP contribution >= 0.6 is 13.5 Å². The van der Waals surface area contributed by atoms with Gasteiger partial charge in [-0.2, -0.15) is 13.5 Å². The first kappa shape index (κ1) is 27.6. The van der Waals surface area contributed by atoms with Crippen molar-refractivity contribution in [3.63, 3.8) is 0 Å². The molecular formula is H9BaGaSSe. The zero-order valence-corrected chi connectivity index (χ0v) is 9.25. The van der Waals surface area contributed by atoms with Crippen LogP contribution < -0.4 is 0 Å². The van der Waals surface area contributed by atoms with Crippen molar-refractivity contribution in [3.05, 3.63) is 0 Å². The molecule has 0 spiro atoms. The normalized spacial score (nSPS) is 0. The van der Waals surface area contributed by atoms with Crippen molar-refractivity contribution in [2.24, 2.45) is 0 Å². The third kappa shape index (κ3) is 8.91. The van der Waals surface area contributed by atoms with Gasteiger partial charge in [0.2, 0.25) is 0 Å². The summed E-state index contributed by atoms with van der Waals surface area (Å²) < 4.78 is 0. The van der Waals surface area contributed by atoms with E-state index < -0.39 is 0 Å². The predicted molar refractivity (Wildman–Crippen MR) is 36.8 cm³/mol. The predicted octanol–water partition coefficient (Wildman–Crippen LogP) is -2.14. The molecule has 0 aliphatic rings. The summed E-state index contributed by atoms with van der Waals surface area (Å²) in [7, 11) is 0. The molecule has 0 unspecified atom stereocenters. The first-order valence-corrected chi connectivity index (χ1v) is 0. The molecule has 0 aliphatic carbocycles. The quantitative estimate of drug-likeness (QED) is 0.446. The van der Waals surface area contributed by atoms with Crippen LogP contribution in [0.15, 0.2) is 0 Å². The topological polar surface area (TPSA) is 0 Å². The van der Waals surface area contributed by atoms with Crippen molar-refractivity contribution in [3.8, 4) is 0 Å². The van der Waals surface area contributed by atoms with Crippen molar-refractivity contribution in [1.82, 2.24) is 0 Å². The summed E-state index contributed by atoms with van der Waals surface area (Å²) in [5.41, 5.74) is 0. The van der Waals surface area contributed by atoms with Gasteiger partial charge in [0.15, 0.2) is 0 Å². The van der Waals surface area contributed by atoms with Crippen LogP contribution in [-0.4, -0.2) is 85.7 Å². The Morgan fingerprint density at radius 1 is 1.25 bits per heavy atom. The van der Waals surface area contributed by atoms with Gasteiger partial charge >= 0.3 is 85.7 Å². The Labute approximate surface area is 99.9 Å². The Bertz CT molecular complexity index is 13.5. The van der Waals surface area contributed by atoms with Crippen LogP contribution in [0.25, 0.3) is 0 Å². The number of hydrogen-bond donors (Lipinski definition) is 0. The molecule has 0 nitrogen and oxygen atoms in total. The summed E-state index contributed by atoms with van der Waals surface area (Å²) in [6.45, 7) is 0. The minimum atomic E-state index is 0. The molecule has 0 fully saturated rings. The standard InChI is InChI=1S/Ba.Ga.H2S.H2Se.5H/h;;2*1H2;;;;;/q+2;;;;;;;2*-1. The average Bonchev–Trinajstić information content (AvgIpc) is 0. The number of hydrogen-bond acceptors (Lipinski definition) is 0. The molecule has 0 N–H and O–H groups in total. The van der Waals surface area contributed by atoms with Gasteiger partial charge in [-0.25, -0.2) is 0 Å². The monoisotopic (exact) mass is 328 g/mol. The van der Waals surface area contributed by atoms with E-state index in [9.17, 15) is 0 Å². The van der Waals surface area contributed by atoms with Crippen LogP contribution in [0, 0.1) is 0 Å². The second-order valence-electron chi connectivity index (χ2n) is 0. The van der Waals surface area contributed by atoms with Gasteiger partial charge in [-0.15, -0.1) is 0 Å². The molecule has 0 atom stereocenters. The van der Waals surface area contributed by atoms with Crippen LogP contribution in [0.2, 0.25) is 0 Å². The zero-order valence-electron chi connectivity index (χ0n) is 3.71. The fourth-order valence-corrected chi connectivity index (χ4v) is 0. The van der Waals surface area contributed by atoms with Crippen molar-refractivity contribution in [1.29, 1.82) is 0 Å². The number of rotatable bonds is 0. The molecule has 0 aromatic rings. The van der Waals surface area contributed by atoms with Gasteiger partial charge in [0.1, 0.15) is 0 Å². The van der Waals surface area contributed by atoms with Gasteiger partial charge in [0.05, 0.1) is 0 Å². The van der Waals surface area contributed by atoms with E-state index in [1.54, 1.807) is 0 Å². The molecule has 0 aromatic carbocycles. The van der Waals surface area contributed by atoms with Gasteiger partial charge in [0, 0.05) is 0 Å². The maximum absolute atomic E-state index is 0. The third-order valence-corrected chi connectivity index (χ3v) is 0. The van der Waals surface area contributed by atoms with Crippen molar-refractivity contribution in [2.45, 2.75) is 0 Å². The van der Waals surface area contributed by atoms with Crippen LogP contribution in [-0.2, 0) is 0 Å². The van der Waals surface area contributed by atoms with Crippen LogP contribution in [0.4, 0.5) is 0 Å². The molecule has 0 bridgehead atoms. The fourth-order valence-electron chi connectivity index (χ4n) is 0. The second kappa shape index (κ2) is 16.5. The Balaban J connectivity index is 0. The van der Waals surface area contributed by atoms with E-state index in [0.29, 0.717) is 0 Å². The summed E-state index contributed by atoms with van der Waals surface area (Å²) in [4.78, 5) is 0. The van der Waals surface area contributed by atoms with E-state index >= 15 is 0 Å².